The van der Waals surface area contributed by atoms with Crippen LogP contribution in [0.15, 0.2) is 53.4 Å². The van der Waals surface area contributed by atoms with Crippen molar-refractivity contribution in [3.05, 3.63) is 65.0 Å². The Morgan fingerprint density at radius 2 is 1.89 bits per heavy atom. The van der Waals surface area contributed by atoms with Gasteiger partial charge < -0.3 is 5.32 Å². The number of nitrogens with zero attached hydrogens (tertiary/aromatic N) is 1. The highest BCUT2D eigenvalue weighted by molar-refractivity contribution is 8.00. The summed E-state index contributed by atoms with van der Waals surface area (Å²) in [6.07, 6.45) is 0. The van der Waals surface area contributed by atoms with E-state index in [1.165, 1.54) is 13.0 Å². The molecule has 0 unspecified atom stereocenters. The molecule has 1 N–H and O–H groups in total. The van der Waals surface area contributed by atoms with Gasteiger partial charge in [0, 0.05) is 23.4 Å². The molecule has 1 heterocycles. The summed E-state index contributed by atoms with van der Waals surface area (Å²) in [6.45, 7) is 1.44. The van der Waals surface area contributed by atoms with Crippen LogP contribution in [0.4, 0.5) is 13.9 Å². The summed E-state index contributed by atoms with van der Waals surface area (Å²) < 4.78 is 26.5. The molecule has 0 radical (unpaired) electrons. The fourth-order valence-electron chi connectivity index (χ4n) is 2.29. The second kappa shape index (κ2) is 8.41. The van der Waals surface area contributed by atoms with Gasteiger partial charge in [0.15, 0.2) is 10.9 Å². The average molecular weight is 404 g/mol. The molecule has 4 nitrogen and oxygen atoms in total. The number of ketones is 1. The Hall–Kier alpha value is -2.58. The van der Waals surface area contributed by atoms with E-state index in [2.05, 4.69) is 10.3 Å². The van der Waals surface area contributed by atoms with Crippen LogP contribution in [0.5, 0.6) is 0 Å². The van der Waals surface area contributed by atoms with Gasteiger partial charge in [-0.1, -0.05) is 41.7 Å². The summed E-state index contributed by atoms with van der Waals surface area (Å²) >= 11 is 2.05. The molecule has 27 heavy (non-hydrogen) atoms. The number of anilines is 1. The zero-order chi connectivity index (χ0) is 19.4. The van der Waals surface area contributed by atoms with Gasteiger partial charge in [-0.25, -0.2) is 13.8 Å². The normalized spacial score (nSPS) is 10.6. The Morgan fingerprint density at radius 1 is 1.15 bits per heavy atom. The molecule has 0 saturated heterocycles. The number of carbonyl (C=O) groups excluding carboxylic acids is 2. The molecule has 0 saturated carbocycles. The number of halogens is 2. The molecular weight excluding hydrogens is 390 g/mol. The molecule has 1 aromatic heterocycles. The predicted octanol–water partition coefficient (Wildman–Crippen LogP) is 5.02. The van der Waals surface area contributed by atoms with Crippen molar-refractivity contribution < 1.29 is 18.4 Å². The van der Waals surface area contributed by atoms with Gasteiger partial charge in [0.1, 0.15) is 11.6 Å². The maximum atomic E-state index is 13.6. The Bertz CT molecular complexity index is 991. The van der Waals surface area contributed by atoms with E-state index < -0.39 is 17.5 Å². The standard InChI is InChI=1S/C19H14F2N2O2S2/c1-11(24)18-17(12-5-3-2-4-6-12)23-19(27-18)22-16(25)10-26-15-8-7-13(20)9-14(15)21/h2-9H,10H2,1H3,(H,22,23,25). The first-order chi connectivity index (χ1) is 12.9. The van der Waals surface area contributed by atoms with Crippen LogP contribution < -0.4 is 5.32 Å². The van der Waals surface area contributed by atoms with Crippen LogP contribution in [0, 0.1) is 11.6 Å². The van der Waals surface area contributed by atoms with E-state index in [9.17, 15) is 18.4 Å². The molecule has 3 rings (SSSR count). The van der Waals surface area contributed by atoms with E-state index in [4.69, 9.17) is 0 Å². The van der Waals surface area contributed by atoms with Crippen LogP contribution in [0.2, 0.25) is 0 Å². The fraction of sp³-hybridized carbons (Fsp3) is 0.105. The van der Waals surface area contributed by atoms with Crippen molar-refractivity contribution in [3.63, 3.8) is 0 Å². The van der Waals surface area contributed by atoms with Gasteiger partial charge in [0.25, 0.3) is 0 Å². The van der Waals surface area contributed by atoms with Crippen molar-refractivity contribution in [3.8, 4) is 11.3 Å². The van der Waals surface area contributed by atoms with Crippen molar-refractivity contribution in [1.82, 2.24) is 4.98 Å². The minimum absolute atomic E-state index is 0.0712. The van der Waals surface area contributed by atoms with E-state index >= 15 is 0 Å². The van der Waals surface area contributed by atoms with E-state index in [1.54, 1.807) is 0 Å². The summed E-state index contributed by atoms with van der Waals surface area (Å²) in [4.78, 5) is 29.0. The van der Waals surface area contributed by atoms with Crippen LogP contribution in [-0.2, 0) is 4.79 Å². The molecule has 8 heteroatoms. The quantitative estimate of drug-likeness (QED) is 0.463. The maximum Gasteiger partial charge on any atom is 0.236 e. The largest absolute Gasteiger partial charge is 0.301 e. The monoisotopic (exact) mass is 404 g/mol. The predicted molar refractivity (Wildman–Crippen MR) is 103 cm³/mol. The topological polar surface area (TPSA) is 59.1 Å². The first-order valence-corrected chi connectivity index (χ1v) is 9.69. The van der Waals surface area contributed by atoms with Crippen LogP contribution in [0.1, 0.15) is 16.6 Å². The summed E-state index contributed by atoms with van der Waals surface area (Å²) in [5, 5.41) is 2.92. The SMILES string of the molecule is CC(=O)c1sc(NC(=O)CSc2ccc(F)cc2F)nc1-c1ccccc1. The summed E-state index contributed by atoms with van der Waals surface area (Å²) in [7, 11) is 0. The molecule has 3 aromatic rings. The third kappa shape index (κ3) is 4.78. The van der Waals surface area contributed by atoms with Gasteiger partial charge in [-0.05, 0) is 12.1 Å². The molecule has 0 atom stereocenters. The lowest BCUT2D eigenvalue weighted by Gasteiger charge is -2.03. The molecular formula is C19H14F2N2O2S2. The third-order valence-electron chi connectivity index (χ3n) is 3.49. The number of thioether (sulfide) groups is 1. The van der Waals surface area contributed by atoms with Gasteiger partial charge in [-0.2, -0.15) is 0 Å². The fourth-order valence-corrected chi connectivity index (χ4v) is 3.91. The van der Waals surface area contributed by atoms with E-state index in [0.717, 1.165) is 40.8 Å². The number of benzene rings is 2. The number of aromatic nitrogens is 1. The molecule has 0 aliphatic carbocycles. The van der Waals surface area contributed by atoms with Crippen LogP contribution in [0.3, 0.4) is 0 Å². The molecule has 0 bridgehead atoms. The average Bonchev–Trinajstić information content (AvgIpc) is 3.06. The van der Waals surface area contributed by atoms with Gasteiger partial charge in [0.05, 0.1) is 16.3 Å². The maximum absolute atomic E-state index is 13.6. The van der Waals surface area contributed by atoms with E-state index in [-0.39, 0.29) is 16.4 Å². The van der Waals surface area contributed by atoms with Gasteiger partial charge >= 0.3 is 0 Å². The number of carbonyl (C=O) groups is 2. The first kappa shape index (κ1) is 19.2. The number of thiazole rings is 1. The highest BCUT2D eigenvalue weighted by Gasteiger charge is 2.18. The minimum Gasteiger partial charge on any atom is -0.301 e. The summed E-state index contributed by atoms with van der Waals surface area (Å²) in [5.41, 5.74) is 1.29. The Labute approximate surface area is 162 Å². The smallest absolute Gasteiger partial charge is 0.236 e. The third-order valence-corrected chi connectivity index (χ3v) is 5.61. The second-order valence-corrected chi connectivity index (χ2v) is 7.55. The number of hydrogen-bond acceptors (Lipinski definition) is 5. The molecule has 0 aliphatic rings. The van der Waals surface area contributed by atoms with E-state index in [1.807, 2.05) is 30.3 Å². The minimum atomic E-state index is -0.715. The zero-order valence-electron chi connectivity index (χ0n) is 14.2. The number of Topliss-reactive ketones (excluding diaryl/α,β-unsaturated/α-hetero) is 1. The number of rotatable bonds is 6. The number of amides is 1. The van der Waals surface area contributed by atoms with Gasteiger partial charge in [0.2, 0.25) is 5.91 Å². The van der Waals surface area contributed by atoms with Crippen LogP contribution in [-0.4, -0.2) is 22.4 Å². The first-order valence-electron chi connectivity index (χ1n) is 7.89. The molecule has 138 valence electrons. The van der Waals surface area contributed by atoms with Crippen molar-refractivity contribution in [2.24, 2.45) is 0 Å². The Morgan fingerprint density at radius 3 is 2.56 bits per heavy atom. The highest BCUT2D eigenvalue weighted by Crippen LogP contribution is 2.31. The Balaban J connectivity index is 1.71. The van der Waals surface area contributed by atoms with Crippen LogP contribution in [0.25, 0.3) is 11.3 Å². The van der Waals surface area contributed by atoms with Crippen LogP contribution >= 0.6 is 23.1 Å². The van der Waals surface area contributed by atoms with Crippen molar-refractivity contribution in [1.29, 1.82) is 0 Å². The number of nitrogens with one attached hydrogen (secondary N) is 1. The molecule has 0 spiro atoms. The van der Waals surface area contributed by atoms with Gasteiger partial charge in [-0.3, -0.25) is 9.59 Å². The lowest BCUT2D eigenvalue weighted by molar-refractivity contribution is -0.113. The molecule has 2 aromatic carbocycles. The summed E-state index contributed by atoms with van der Waals surface area (Å²) in [6, 6.07) is 12.4. The van der Waals surface area contributed by atoms with Gasteiger partial charge in [-0.15, -0.1) is 11.8 Å². The molecule has 1 amide bonds. The highest BCUT2D eigenvalue weighted by atomic mass is 32.2. The lowest BCUT2D eigenvalue weighted by Crippen LogP contribution is -2.13. The van der Waals surface area contributed by atoms with E-state index in [0.29, 0.717) is 15.7 Å². The summed E-state index contributed by atoms with van der Waals surface area (Å²) in [5.74, 6) is -2.00. The Kier molecular flexibility index (Phi) is 5.98. The van der Waals surface area contributed by atoms with Crippen molar-refractivity contribution in [2.45, 2.75) is 11.8 Å². The number of hydrogen-bond donors (Lipinski definition) is 1. The lowest BCUT2D eigenvalue weighted by atomic mass is 10.1. The van der Waals surface area contributed by atoms with Crippen molar-refractivity contribution >= 4 is 39.9 Å². The second-order valence-electron chi connectivity index (χ2n) is 5.53. The molecule has 0 aliphatic heterocycles. The zero-order valence-corrected chi connectivity index (χ0v) is 15.8. The van der Waals surface area contributed by atoms with Crippen molar-refractivity contribution in [2.75, 3.05) is 11.1 Å². The molecule has 0 fully saturated rings.